The molecule has 0 saturated heterocycles. The molecule has 0 spiro atoms. The highest BCUT2D eigenvalue weighted by atomic mass is 32.2. The fourth-order valence-electron chi connectivity index (χ4n) is 4.02. The van der Waals surface area contributed by atoms with E-state index in [0.29, 0.717) is 30.7 Å². The molecule has 1 aliphatic rings. The van der Waals surface area contributed by atoms with Crippen LogP contribution in [0.4, 0.5) is 0 Å². The van der Waals surface area contributed by atoms with Crippen LogP contribution in [-0.4, -0.2) is 54.5 Å². The van der Waals surface area contributed by atoms with Gasteiger partial charge in [-0.1, -0.05) is 18.7 Å². The zero-order valence-corrected chi connectivity index (χ0v) is 18.4. The Bertz CT molecular complexity index is 1160. The minimum atomic E-state index is -0.259. The van der Waals surface area contributed by atoms with E-state index >= 15 is 0 Å². The van der Waals surface area contributed by atoms with Crippen molar-refractivity contribution in [1.29, 1.82) is 0 Å². The van der Waals surface area contributed by atoms with Gasteiger partial charge in [0.25, 0.3) is 5.78 Å². The Morgan fingerprint density at radius 2 is 2.10 bits per heavy atom. The Kier molecular flexibility index (Phi) is 5.19. The molecule has 0 aliphatic heterocycles. The summed E-state index contributed by atoms with van der Waals surface area (Å²) in [6.07, 6.45) is 4.79. The second-order valence-electron chi connectivity index (χ2n) is 7.30. The third-order valence-corrected chi connectivity index (χ3v) is 7.56. The number of aromatic nitrogens is 6. The average molecular weight is 433 g/mol. The van der Waals surface area contributed by atoms with Gasteiger partial charge in [0.15, 0.2) is 17.1 Å². The summed E-state index contributed by atoms with van der Waals surface area (Å²) in [5.41, 5.74) is 2.30. The van der Waals surface area contributed by atoms with E-state index in [1.54, 1.807) is 18.1 Å². The molecule has 0 amide bonds. The lowest BCUT2D eigenvalue weighted by molar-refractivity contribution is -0.120. The molecule has 0 saturated carbocycles. The van der Waals surface area contributed by atoms with Crippen molar-refractivity contribution in [2.45, 2.75) is 51.5 Å². The van der Waals surface area contributed by atoms with E-state index in [4.69, 9.17) is 9.47 Å². The van der Waals surface area contributed by atoms with Crippen LogP contribution in [0.1, 0.15) is 37.6 Å². The molecular formula is C19H24N6O2S2. The molecule has 5 rings (SSSR count). The average Bonchev–Trinajstić information content (AvgIpc) is 3.42. The van der Waals surface area contributed by atoms with Gasteiger partial charge < -0.3 is 9.47 Å². The molecule has 10 heteroatoms. The zero-order chi connectivity index (χ0) is 20.0. The Morgan fingerprint density at radius 3 is 2.90 bits per heavy atom. The van der Waals surface area contributed by atoms with Gasteiger partial charge in [-0.3, -0.25) is 0 Å². The molecule has 0 bridgehead atoms. The van der Waals surface area contributed by atoms with E-state index in [9.17, 15) is 0 Å². The third-order valence-electron chi connectivity index (χ3n) is 5.32. The first-order valence-electron chi connectivity index (χ1n) is 10.1. The molecule has 1 unspecified atom stereocenters. The number of aryl methyl sites for hydroxylation is 1. The largest absolute Gasteiger partial charge is 0.352 e. The predicted molar refractivity (Wildman–Crippen MR) is 114 cm³/mol. The maximum absolute atomic E-state index is 5.69. The molecule has 0 radical (unpaired) electrons. The van der Waals surface area contributed by atoms with E-state index in [1.807, 2.05) is 29.7 Å². The lowest BCUT2D eigenvalue weighted by Crippen LogP contribution is -2.20. The highest BCUT2D eigenvalue weighted by Gasteiger charge is 2.26. The van der Waals surface area contributed by atoms with Crippen LogP contribution in [0.2, 0.25) is 0 Å². The zero-order valence-electron chi connectivity index (χ0n) is 16.8. The van der Waals surface area contributed by atoms with E-state index in [2.05, 4.69) is 31.6 Å². The molecular weight excluding hydrogens is 408 g/mol. The topological polar surface area (TPSA) is 78.8 Å². The van der Waals surface area contributed by atoms with Crippen LogP contribution in [0.15, 0.2) is 11.5 Å². The second-order valence-corrected chi connectivity index (χ2v) is 9.37. The first-order chi connectivity index (χ1) is 14.2. The van der Waals surface area contributed by atoms with Crippen molar-refractivity contribution in [1.82, 2.24) is 29.2 Å². The number of ether oxygens (including phenoxy) is 2. The van der Waals surface area contributed by atoms with Crippen molar-refractivity contribution in [3.05, 3.63) is 16.8 Å². The summed E-state index contributed by atoms with van der Waals surface area (Å²) in [6, 6.07) is 0. The maximum Gasteiger partial charge on any atom is 0.260 e. The molecule has 29 heavy (non-hydrogen) atoms. The normalized spacial score (nSPS) is 17.2. The summed E-state index contributed by atoms with van der Waals surface area (Å²) < 4.78 is 15.3. The van der Waals surface area contributed by atoms with Crippen LogP contribution in [0.5, 0.6) is 0 Å². The highest BCUT2D eigenvalue weighted by molar-refractivity contribution is 7.99. The van der Waals surface area contributed by atoms with Crippen molar-refractivity contribution in [3.8, 4) is 0 Å². The Hall–Kier alpha value is -1.75. The van der Waals surface area contributed by atoms with Gasteiger partial charge in [-0.05, 0) is 44.6 Å². The van der Waals surface area contributed by atoms with E-state index in [-0.39, 0.29) is 6.29 Å². The molecule has 0 fully saturated rings. The van der Waals surface area contributed by atoms with E-state index in [1.165, 1.54) is 22.2 Å². The Labute approximate surface area is 176 Å². The number of fused-ring (bicyclic) bond motifs is 8. The van der Waals surface area contributed by atoms with E-state index in [0.717, 1.165) is 28.5 Å². The number of hydrogen-bond donors (Lipinski definition) is 0. The monoisotopic (exact) mass is 432 g/mol. The van der Waals surface area contributed by atoms with Crippen molar-refractivity contribution in [3.63, 3.8) is 0 Å². The van der Waals surface area contributed by atoms with Crippen molar-refractivity contribution in [2.24, 2.45) is 5.92 Å². The van der Waals surface area contributed by atoms with Crippen molar-refractivity contribution in [2.75, 3.05) is 19.0 Å². The van der Waals surface area contributed by atoms with Crippen LogP contribution in [0, 0.1) is 5.92 Å². The van der Waals surface area contributed by atoms with Crippen LogP contribution in [-0.2, 0) is 22.3 Å². The number of nitrogens with zero attached hydrogens (tertiary/aromatic N) is 6. The van der Waals surface area contributed by atoms with Gasteiger partial charge in [0.05, 0.1) is 11.1 Å². The molecule has 4 aromatic rings. The molecule has 4 heterocycles. The quantitative estimate of drug-likeness (QED) is 0.326. The third kappa shape index (κ3) is 3.22. The van der Waals surface area contributed by atoms with Crippen molar-refractivity contribution < 1.29 is 9.47 Å². The Morgan fingerprint density at radius 1 is 1.28 bits per heavy atom. The molecule has 4 aromatic heterocycles. The van der Waals surface area contributed by atoms with Gasteiger partial charge in [0.1, 0.15) is 11.2 Å². The van der Waals surface area contributed by atoms with Crippen LogP contribution >= 0.6 is 23.1 Å². The summed E-state index contributed by atoms with van der Waals surface area (Å²) in [6.45, 7) is 7.52. The van der Waals surface area contributed by atoms with Crippen LogP contribution < -0.4 is 0 Å². The van der Waals surface area contributed by atoms with Gasteiger partial charge in [-0.25, -0.2) is 9.38 Å². The summed E-state index contributed by atoms with van der Waals surface area (Å²) in [5.74, 6) is 2.04. The maximum atomic E-state index is 5.69. The second kappa shape index (κ2) is 7.82. The standard InChI is InChI=1S/C19H24N6O2S2/c1-4-26-14(27-5-2)9-28-19-23-22-18-24(19)17-15(16-20-10-21-25(16)18)12-8-11(3)6-7-13(12)29-17/h10-11,14H,4-9H2,1-3H3. The minimum absolute atomic E-state index is 0.259. The van der Waals surface area contributed by atoms with Crippen LogP contribution in [0.3, 0.4) is 0 Å². The van der Waals surface area contributed by atoms with Gasteiger partial charge in [-0.2, -0.15) is 9.61 Å². The lowest BCUT2D eigenvalue weighted by Gasteiger charge is -2.17. The Balaban J connectivity index is 1.65. The van der Waals surface area contributed by atoms with Gasteiger partial charge in [0, 0.05) is 18.1 Å². The SMILES string of the molecule is CCOC(CSc1nnc2n3ncnc3c3c4c(sc3n12)CCC(C)C4)OCC. The number of thioether (sulfide) groups is 1. The van der Waals surface area contributed by atoms with Crippen molar-refractivity contribution >= 4 is 44.7 Å². The minimum Gasteiger partial charge on any atom is -0.352 e. The van der Waals surface area contributed by atoms with Gasteiger partial charge >= 0.3 is 0 Å². The highest BCUT2D eigenvalue weighted by Crippen LogP contribution is 2.40. The fourth-order valence-corrected chi connectivity index (χ4v) is 6.29. The summed E-state index contributed by atoms with van der Waals surface area (Å²) >= 11 is 3.45. The van der Waals surface area contributed by atoms with Crippen LogP contribution in [0.25, 0.3) is 21.6 Å². The molecule has 8 nitrogen and oxygen atoms in total. The summed E-state index contributed by atoms with van der Waals surface area (Å²) in [4.78, 5) is 7.19. The number of rotatable bonds is 7. The summed E-state index contributed by atoms with van der Waals surface area (Å²) in [5, 5.41) is 15.4. The molecule has 1 aliphatic carbocycles. The first kappa shape index (κ1) is 19.2. The lowest BCUT2D eigenvalue weighted by atomic mass is 9.89. The van der Waals surface area contributed by atoms with E-state index < -0.39 is 0 Å². The number of hydrogen-bond acceptors (Lipinski definition) is 8. The smallest absolute Gasteiger partial charge is 0.260 e. The van der Waals surface area contributed by atoms with Gasteiger partial charge in [-0.15, -0.1) is 21.5 Å². The van der Waals surface area contributed by atoms with Gasteiger partial charge in [0.2, 0.25) is 0 Å². The predicted octanol–water partition coefficient (Wildman–Crippen LogP) is 3.60. The molecule has 154 valence electrons. The fraction of sp³-hybridized carbons (Fsp3) is 0.579. The molecule has 0 aromatic carbocycles. The number of thiophene rings is 1. The molecule has 0 N–H and O–H groups in total. The molecule has 1 atom stereocenters. The first-order valence-corrected chi connectivity index (χ1v) is 11.9. The summed E-state index contributed by atoms with van der Waals surface area (Å²) in [7, 11) is 0.